The molecule has 0 aromatic carbocycles. The number of amides is 2. The minimum Gasteiger partial charge on any atom is -0.480 e. The molecule has 1 aliphatic rings. The molecule has 2 amide bonds. The molecule has 0 bridgehead atoms. The monoisotopic (exact) mass is 286 g/mol. The van der Waals surface area contributed by atoms with Crippen LogP contribution >= 0.6 is 0 Å². The van der Waals surface area contributed by atoms with Gasteiger partial charge in [0.25, 0.3) is 5.91 Å². The molecule has 112 valence electrons. The highest BCUT2D eigenvalue weighted by molar-refractivity contribution is 5.95. The predicted molar refractivity (Wildman–Crippen MR) is 69.4 cm³/mol. The van der Waals surface area contributed by atoms with Crippen LogP contribution in [-0.4, -0.2) is 47.4 Å². The Hall–Kier alpha value is -1.92. The van der Waals surface area contributed by atoms with Crippen molar-refractivity contribution in [2.75, 3.05) is 13.6 Å². The first kappa shape index (κ1) is 16.1. The summed E-state index contributed by atoms with van der Waals surface area (Å²) in [5.74, 6) is -3.90. The molecule has 20 heavy (non-hydrogen) atoms. The zero-order chi connectivity index (χ0) is 15.4. The molecule has 0 radical (unpaired) electrons. The summed E-state index contributed by atoms with van der Waals surface area (Å²) in [4.78, 5) is 35.7. The van der Waals surface area contributed by atoms with E-state index in [1.54, 1.807) is 0 Å². The molecule has 0 spiro atoms. The molecular formula is C13H19FN2O4. The van der Waals surface area contributed by atoms with E-state index in [4.69, 9.17) is 5.11 Å². The van der Waals surface area contributed by atoms with Crippen LogP contribution in [0.2, 0.25) is 0 Å². The smallest absolute Gasteiger partial charge is 0.326 e. The Morgan fingerprint density at radius 3 is 2.30 bits per heavy atom. The number of hydrogen-bond donors (Lipinski definition) is 2. The van der Waals surface area contributed by atoms with E-state index < -0.39 is 29.7 Å². The second-order valence-corrected chi connectivity index (χ2v) is 5.01. The lowest BCUT2D eigenvalue weighted by molar-refractivity contribution is -0.153. The van der Waals surface area contributed by atoms with Crippen molar-refractivity contribution in [3.63, 3.8) is 0 Å². The fraction of sp³-hybridized carbons (Fsp3) is 0.615. The minimum absolute atomic E-state index is 0.0871. The number of carbonyl (C=O) groups is 3. The van der Waals surface area contributed by atoms with E-state index in [1.807, 2.05) is 0 Å². The van der Waals surface area contributed by atoms with Crippen molar-refractivity contribution < 1.29 is 23.9 Å². The van der Waals surface area contributed by atoms with E-state index in [1.165, 1.54) is 20.9 Å². The van der Waals surface area contributed by atoms with Gasteiger partial charge >= 0.3 is 5.97 Å². The molecule has 0 aliphatic carbocycles. The van der Waals surface area contributed by atoms with Crippen molar-refractivity contribution >= 4 is 17.8 Å². The van der Waals surface area contributed by atoms with E-state index in [9.17, 15) is 18.8 Å². The maximum atomic E-state index is 13.7. The van der Waals surface area contributed by atoms with Crippen LogP contribution in [-0.2, 0) is 14.4 Å². The molecule has 1 rings (SSSR count). The van der Waals surface area contributed by atoms with Crippen molar-refractivity contribution in [1.29, 1.82) is 0 Å². The van der Waals surface area contributed by atoms with Crippen molar-refractivity contribution in [2.45, 2.75) is 32.7 Å². The van der Waals surface area contributed by atoms with Crippen LogP contribution in [0.15, 0.2) is 11.4 Å². The number of hydrogen-bond acceptors (Lipinski definition) is 3. The van der Waals surface area contributed by atoms with E-state index in [0.717, 1.165) is 4.90 Å². The summed E-state index contributed by atoms with van der Waals surface area (Å²) >= 11 is 0. The highest BCUT2D eigenvalue weighted by atomic mass is 19.1. The van der Waals surface area contributed by atoms with Crippen LogP contribution in [0.25, 0.3) is 0 Å². The molecule has 1 fully saturated rings. The van der Waals surface area contributed by atoms with E-state index >= 15 is 0 Å². The van der Waals surface area contributed by atoms with Gasteiger partial charge in [-0.1, -0.05) is 0 Å². The SMILES string of the molecule is CNC(=O)[C@H]1CC[C@@H](C(=O)O)N(C(=O)C(F)=C(C)C)C1. The lowest BCUT2D eigenvalue weighted by atomic mass is 9.91. The number of nitrogens with one attached hydrogen (secondary N) is 1. The Balaban J connectivity index is 3.01. The summed E-state index contributed by atoms with van der Waals surface area (Å²) in [5.41, 5.74) is 0.182. The highest BCUT2D eigenvalue weighted by Crippen LogP contribution is 2.25. The van der Waals surface area contributed by atoms with Gasteiger partial charge in [0, 0.05) is 13.6 Å². The van der Waals surface area contributed by atoms with E-state index in [0.29, 0.717) is 6.42 Å². The standard InChI is InChI=1S/C13H19FN2O4/c1-7(2)10(14)12(18)16-6-8(11(17)15-3)4-5-9(16)13(19)20/h8-9H,4-6H2,1-3H3,(H,15,17)(H,19,20)/t8-,9-/m0/s1. The molecule has 1 aliphatic heterocycles. The number of rotatable bonds is 3. The predicted octanol–water partition coefficient (Wildman–Crippen LogP) is 0.688. The van der Waals surface area contributed by atoms with E-state index in [2.05, 4.69) is 5.32 Å². The summed E-state index contributed by atoms with van der Waals surface area (Å²) in [6, 6.07) is -1.09. The van der Waals surface area contributed by atoms with Gasteiger partial charge in [-0.3, -0.25) is 9.59 Å². The van der Waals surface area contributed by atoms with Crippen molar-refractivity contribution in [2.24, 2.45) is 5.92 Å². The number of likely N-dealkylation sites (tertiary alicyclic amines) is 1. The third-order valence-corrected chi connectivity index (χ3v) is 3.37. The quantitative estimate of drug-likeness (QED) is 0.747. The van der Waals surface area contributed by atoms with Gasteiger partial charge in [0.05, 0.1) is 5.92 Å². The van der Waals surface area contributed by atoms with Crippen LogP contribution in [0.1, 0.15) is 26.7 Å². The highest BCUT2D eigenvalue weighted by Gasteiger charge is 2.39. The Morgan fingerprint density at radius 2 is 1.85 bits per heavy atom. The summed E-state index contributed by atoms with van der Waals surface area (Å²) in [7, 11) is 1.47. The van der Waals surface area contributed by atoms with Gasteiger partial charge in [-0.2, -0.15) is 0 Å². The average Bonchev–Trinajstić information content (AvgIpc) is 2.43. The van der Waals surface area contributed by atoms with Crippen LogP contribution in [0.5, 0.6) is 0 Å². The molecule has 1 saturated heterocycles. The van der Waals surface area contributed by atoms with Gasteiger partial charge in [0.1, 0.15) is 6.04 Å². The zero-order valence-electron chi connectivity index (χ0n) is 11.8. The Labute approximate surface area is 116 Å². The van der Waals surface area contributed by atoms with Gasteiger partial charge in [-0.05, 0) is 32.3 Å². The van der Waals surface area contributed by atoms with Crippen LogP contribution in [0.3, 0.4) is 0 Å². The summed E-state index contributed by atoms with van der Waals surface area (Å²) in [6.07, 6.45) is 0.492. The van der Waals surface area contributed by atoms with Crippen molar-refractivity contribution in [3.8, 4) is 0 Å². The first-order chi connectivity index (χ1) is 9.29. The average molecular weight is 286 g/mol. The zero-order valence-corrected chi connectivity index (χ0v) is 11.8. The second kappa shape index (κ2) is 6.49. The largest absolute Gasteiger partial charge is 0.480 e. The third-order valence-electron chi connectivity index (χ3n) is 3.37. The van der Waals surface area contributed by atoms with Gasteiger partial charge in [0.2, 0.25) is 5.91 Å². The number of nitrogens with zero attached hydrogens (tertiary/aromatic N) is 1. The number of halogens is 1. The fourth-order valence-electron chi connectivity index (χ4n) is 2.21. The Kier molecular flexibility index (Phi) is 5.24. The third kappa shape index (κ3) is 3.34. The van der Waals surface area contributed by atoms with Gasteiger partial charge in [-0.25, -0.2) is 9.18 Å². The maximum Gasteiger partial charge on any atom is 0.326 e. The fourth-order valence-corrected chi connectivity index (χ4v) is 2.21. The number of allylic oxidation sites excluding steroid dienone is 1. The van der Waals surface area contributed by atoms with Crippen LogP contribution < -0.4 is 5.32 Å². The molecule has 2 atom stereocenters. The molecule has 0 aromatic rings. The molecule has 0 unspecified atom stereocenters. The summed E-state index contributed by atoms with van der Waals surface area (Å²) < 4.78 is 13.7. The molecule has 2 N–H and O–H groups in total. The molecule has 7 heteroatoms. The Morgan fingerprint density at radius 1 is 1.25 bits per heavy atom. The van der Waals surface area contributed by atoms with E-state index in [-0.39, 0.29) is 24.4 Å². The van der Waals surface area contributed by atoms with Gasteiger partial charge in [0.15, 0.2) is 5.83 Å². The number of carboxylic acids is 1. The normalized spacial score (nSPS) is 22.1. The first-order valence-electron chi connectivity index (χ1n) is 6.38. The second-order valence-electron chi connectivity index (χ2n) is 5.01. The molecule has 1 heterocycles. The molecule has 0 aromatic heterocycles. The van der Waals surface area contributed by atoms with Crippen LogP contribution in [0.4, 0.5) is 4.39 Å². The topological polar surface area (TPSA) is 86.7 Å². The molecule has 0 saturated carbocycles. The number of carboxylic acid groups (broad SMARTS) is 1. The summed E-state index contributed by atoms with van der Waals surface area (Å²) in [6.45, 7) is 2.78. The lowest BCUT2D eigenvalue weighted by Crippen LogP contribution is -2.53. The lowest BCUT2D eigenvalue weighted by Gasteiger charge is -2.36. The van der Waals surface area contributed by atoms with Crippen molar-refractivity contribution in [3.05, 3.63) is 11.4 Å². The van der Waals surface area contributed by atoms with Crippen LogP contribution in [0, 0.1) is 5.92 Å². The number of piperidine rings is 1. The van der Waals surface area contributed by atoms with Gasteiger partial charge < -0.3 is 15.3 Å². The maximum absolute atomic E-state index is 13.7. The number of carbonyl (C=O) groups excluding carboxylic acids is 2. The minimum atomic E-state index is -1.18. The number of aliphatic carboxylic acids is 1. The Bertz CT molecular complexity index is 457. The molecular weight excluding hydrogens is 267 g/mol. The van der Waals surface area contributed by atoms with Gasteiger partial charge in [-0.15, -0.1) is 0 Å². The summed E-state index contributed by atoms with van der Waals surface area (Å²) in [5, 5.41) is 11.6. The first-order valence-corrected chi connectivity index (χ1v) is 6.38. The van der Waals surface area contributed by atoms with Crippen molar-refractivity contribution in [1.82, 2.24) is 10.2 Å². The molecule has 6 nitrogen and oxygen atoms in total.